The van der Waals surface area contributed by atoms with Crippen molar-refractivity contribution in [3.63, 3.8) is 0 Å². The van der Waals surface area contributed by atoms with Gasteiger partial charge in [-0.05, 0) is 44.6 Å². The van der Waals surface area contributed by atoms with Crippen LogP contribution in [0, 0.1) is 5.41 Å². The highest BCUT2D eigenvalue weighted by Crippen LogP contribution is 2.41. The van der Waals surface area contributed by atoms with Gasteiger partial charge in [0, 0.05) is 12.0 Å². The number of rotatable bonds is 5. The van der Waals surface area contributed by atoms with Gasteiger partial charge in [0.2, 0.25) is 5.89 Å². The Bertz CT molecular complexity index is 413. The van der Waals surface area contributed by atoms with Gasteiger partial charge in [-0.15, -0.1) is 0 Å². The second-order valence-electron chi connectivity index (χ2n) is 7.02. The Morgan fingerprint density at radius 3 is 2.55 bits per heavy atom. The Morgan fingerprint density at radius 2 is 2.00 bits per heavy atom. The van der Waals surface area contributed by atoms with Crippen LogP contribution in [0.2, 0.25) is 0 Å². The summed E-state index contributed by atoms with van der Waals surface area (Å²) in [6.07, 6.45) is 5.94. The average molecular weight is 279 g/mol. The Hall–Kier alpha value is -0.900. The minimum absolute atomic E-state index is 0.270. The van der Waals surface area contributed by atoms with Crippen molar-refractivity contribution in [2.75, 3.05) is 7.05 Å². The molecule has 0 aromatic carbocycles. The van der Waals surface area contributed by atoms with Crippen LogP contribution in [0.25, 0.3) is 0 Å². The van der Waals surface area contributed by atoms with Crippen LogP contribution < -0.4 is 5.32 Å². The van der Waals surface area contributed by atoms with Crippen LogP contribution in [0.1, 0.15) is 83.3 Å². The van der Waals surface area contributed by atoms with E-state index in [0.717, 1.165) is 18.1 Å². The smallest absolute Gasteiger partial charge is 0.231 e. The lowest BCUT2D eigenvalue weighted by molar-refractivity contribution is 0.218. The first kappa shape index (κ1) is 15.5. The zero-order valence-corrected chi connectivity index (χ0v) is 13.6. The monoisotopic (exact) mass is 279 g/mol. The van der Waals surface area contributed by atoms with Gasteiger partial charge < -0.3 is 9.84 Å². The van der Waals surface area contributed by atoms with E-state index in [1.807, 2.05) is 7.05 Å². The zero-order valence-electron chi connectivity index (χ0n) is 13.6. The summed E-state index contributed by atoms with van der Waals surface area (Å²) in [5.74, 6) is 2.47. The number of nitrogens with zero attached hydrogens (tertiary/aromatic N) is 2. The molecule has 20 heavy (non-hydrogen) atoms. The van der Waals surface area contributed by atoms with E-state index in [0.29, 0.717) is 17.4 Å². The fourth-order valence-electron chi connectivity index (χ4n) is 3.24. The average Bonchev–Trinajstić information content (AvgIpc) is 2.89. The van der Waals surface area contributed by atoms with Crippen LogP contribution in [0.15, 0.2) is 4.52 Å². The Balaban J connectivity index is 2.02. The lowest BCUT2D eigenvalue weighted by Gasteiger charge is -2.32. The first-order valence-corrected chi connectivity index (χ1v) is 7.97. The molecule has 4 nitrogen and oxygen atoms in total. The predicted octanol–water partition coefficient (Wildman–Crippen LogP) is 3.85. The van der Waals surface area contributed by atoms with Gasteiger partial charge in [0.25, 0.3) is 0 Å². The van der Waals surface area contributed by atoms with E-state index in [9.17, 15) is 0 Å². The topological polar surface area (TPSA) is 51.0 Å². The molecule has 1 aromatic rings. The van der Waals surface area contributed by atoms with Gasteiger partial charge in [-0.1, -0.05) is 32.9 Å². The molecule has 114 valence electrons. The molecule has 4 heteroatoms. The number of nitrogens with one attached hydrogen (secondary N) is 1. The third kappa shape index (κ3) is 3.40. The Labute approximate surface area is 122 Å². The van der Waals surface area contributed by atoms with Gasteiger partial charge in [-0.25, -0.2) is 0 Å². The molecule has 2 atom stereocenters. The van der Waals surface area contributed by atoms with Gasteiger partial charge in [-0.2, -0.15) is 4.98 Å². The maximum absolute atomic E-state index is 5.52. The molecular formula is C16H29N3O. The maximum atomic E-state index is 5.52. The molecule has 0 spiro atoms. The molecule has 0 radical (unpaired) electrons. The number of aromatic nitrogens is 2. The molecular weight excluding hydrogens is 250 g/mol. The van der Waals surface area contributed by atoms with Crippen LogP contribution in [-0.2, 0) is 0 Å². The van der Waals surface area contributed by atoms with Crippen molar-refractivity contribution < 1.29 is 4.52 Å². The number of hydrogen-bond donors (Lipinski definition) is 1. The highest BCUT2D eigenvalue weighted by Gasteiger charge is 2.31. The highest BCUT2D eigenvalue weighted by molar-refractivity contribution is 5.03. The third-order valence-electron chi connectivity index (χ3n) is 4.97. The molecule has 1 fully saturated rings. The fraction of sp³-hybridized carbons (Fsp3) is 0.875. The van der Waals surface area contributed by atoms with Crippen molar-refractivity contribution in [3.8, 4) is 0 Å². The zero-order chi connectivity index (χ0) is 14.8. The van der Waals surface area contributed by atoms with E-state index in [2.05, 4.69) is 43.2 Å². The van der Waals surface area contributed by atoms with E-state index in [1.165, 1.54) is 25.7 Å². The summed E-state index contributed by atoms with van der Waals surface area (Å²) < 4.78 is 5.52. The fourth-order valence-corrected chi connectivity index (χ4v) is 3.24. The van der Waals surface area contributed by atoms with Crippen molar-refractivity contribution in [1.82, 2.24) is 15.5 Å². The van der Waals surface area contributed by atoms with Crippen LogP contribution in [0.3, 0.4) is 0 Å². The minimum atomic E-state index is 0.270. The number of hydrogen-bond acceptors (Lipinski definition) is 4. The molecule has 0 aliphatic heterocycles. The van der Waals surface area contributed by atoms with Gasteiger partial charge in [-0.3, -0.25) is 0 Å². The second-order valence-corrected chi connectivity index (χ2v) is 7.02. The molecule has 1 heterocycles. The van der Waals surface area contributed by atoms with Crippen LogP contribution in [0.5, 0.6) is 0 Å². The molecule has 1 N–H and O–H groups in total. The van der Waals surface area contributed by atoms with Crippen molar-refractivity contribution in [2.45, 2.75) is 77.7 Å². The third-order valence-corrected chi connectivity index (χ3v) is 4.97. The molecule has 0 saturated heterocycles. The van der Waals surface area contributed by atoms with Gasteiger partial charge >= 0.3 is 0 Å². The predicted molar refractivity (Wildman–Crippen MR) is 80.8 cm³/mol. The maximum Gasteiger partial charge on any atom is 0.231 e. The van der Waals surface area contributed by atoms with Gasteiger partial charge in [0.05, 0.1) is 5.92 Å². The molecule has 2 rings (SSSR count). The standard InChI is InChI=1S/C16H29N3O/c1-6-13(17-5)11(2)15-18-14(19-20-15)12-7-9-16(3,4)10-8-12/h11-13,17H,6-10H2,1-5H3. The van der Waals surface area contributed by atoms with Crippen molar-refractivity contribution in [3.05, 3.63) is 11.7 Å². The summed E-state index contributed by atoms with van der Waals surface area (Å²) in [4.78, 5) is 4.68. The number of likely N-dealkylation sites (N-methyl/N-ethyl adjacent to an activating group) is 1. The van der Waals surface area contributed by atoms with Crippen molar-refractivity contribution in [2.24, 2.45) is 5.41 Å². The van der Waals surface area contributed by atoms with E-state index < -0.39 is 0 Å². The first-order valence-electron chi connectivity index (χ1n) is 7.97. The second kappa shape index (κ2) is 6.25. The van der Waals surface area contributed by atoms with Gasteiger partial charge in [0.15, 0.2) is 5.82 Å². The molecule has 1 aliphatic rings. The molecule has 1 aliphatic carbocycles. The Morgan fingerprint density at radius 1 is 1.35 bits per heavy atom. The van der Waals surface area contributed by atoms with E-state index in [-0.39, 0.29) is 5.92 Å². The quantitative estimate of drug-likeness (QED) is 0.889. The van der Waals surface area contributed by atoms with Crippen LogP contribution >= 0.6 is 0 Å². The molecule has 2 unspecified atom stereocenters. The molecule has 0 bridgehead atoms. The summed E-state index contributed by atoms with van der Waals surface area (Å²) in [7, 11) is 1.99. The highest BCUT2D eigenvalue weighted by atomic mass is 16.5. The summed E-state index contributed by atoms with van der Waals surface area (Å²) in [6.45, 7) is 9.04. The SMILES string of the molecule is CCC(NC)C(C)c1nc(C2CCC(C)(C)CC2)no1. The minimum Gasteiger partial charge on any atom is -0.339 e. The van der Waals surface area contributed by atoms with Crippen LogP contribution in [0.4, 0.5) is 0 Å². The molecule has 1 saturated carbocycles. The summed E-state index contributed by atoms with van der Waals surface area (Å²) >= 11 is 0. The van der Waals surface area contributed by atoms with E-state index in [1.54, 1.807) is 0 Å². The summed E-state index contributed by atoms with van der Waals surface area (Å²) in [6, 6.07) is 0.397. The molecule has 1 aromatic heterocycles. The van der Waals surface area contributed by atoms with Crippen molar-refractivity contribution >= 4 is 0 Å². The normalized spacial score (nSPS) is 22.6. The lowest BCUT2D eigenvalue weighted by atomic mass is 9.73. The summed E-state index contributed by atoms with van der Waals surface area (Å²) in [5, 5.41) is 7.57. The lowest BCUT2D eigenvalue weighted by Crippen LogP contribution is -2.30. The van der Waals surface area contributed by atoms with Gasteiger partial charge in [0.1, 0.15) is 0 Å². The molecule has 0 amide bonds. The van der Waals surface area contributed by atoms with Crippen molar-refractivity contribution in [1.29, 1.82) is 0 Å². The van der Waals surface area contributed by atoms with Crippen LogP contribution in [-0.4, -0.2) is 23.2 Å². The Kier molecular flexibility index (Phi) is 4.84. The first-order chi connectivity index (χ1) is 9.46. The summed E-state index contributed by atoms with van der Waals surface area (Å²) in [5.41, 5.74) is 0.482. The van der Waals surface area contributed by atoms with E-state index in [4.69, 9.17) is 4.52 Å². The largest absolute Gasteiger partial charge is 0.339 e. The van der Waals surface area contributed by atoms with E-state index >= 15 is 0 Å².